The Kier molecular flexibility index (Phi) is 7.39. The van der Waals surface area contributed by atoms with Gasteiger partial charge in [0.15, 0.2) is 0 Å². The summed E-state index contributed by atoms with van der Waals surface area (Å²) < 4.78 is 0. The van der Waals surface area contributed by atoms with E-state index in [1.165, 1.54) is 0 Å². The van der Waals surface area contributed by atoms with Crippen molar-refractivity contribution < 1.29 is 30.0 Å². The van der Waals surface area contributed by atoms with Gasteiger partial charge >= 0.3 is 5.97 Å². The van der Waals surface area contributed by atoms with Gasteiger partial charge in [0.05, 0.1) is 24.7 Å². The Bertz CT molecular complexity index is 774. The number of carboxylic acids is 1. The highest BCUT2D eigenvalue weighted by atomic mass is 16.4. The van der Waals surface area contributed by atoms with E-state index in [1.807, 2.05) is 0 Å². The molecule has 0 aromatic carbocycles. The van der Waals surface area contributed by atoms with E-state index in [0.29, 0.717) is 24.7 Å². The Hall–Kier alpha value is -1.18. The SMILES string of the molecule is C[C@H](CCC(=O)NCCC(=O)O)[C@H]1CC[C@H]2C3C(O)CC4C[C@@H](O)CC[C@]4(C)[C@H]3C[C@@H](O)[C@]12C. The number of carbonyl (C=O) groups excluding carboxylic acids is 1. The first kappa shape index (κ1) is 25.9. The summed E-state index contributed by atoms with van der Waals surface area (Å²) in [5.74, 6) is 0.609. The number of amides is 1. The molecule has 0 bridgehead atoms. The van der Waals surface area contributed by atoms with Gasteiger partial charge in [-0.15, -0.1) is 0 Å². The fourth-order valence-corrected chi connectivity index (χ4v) is 9.09. The lowest BCUT2D eigenvalue weighted by atomic mass is 9.43. The molecular formula is C27H45NO6. The van der Waals surface area contributed by atoms with Gasteiger partial charge in [0, 0.05) is 13.0 Å². The highest BCUT2D eigenvalue weighted by Gasteiger charge is 2.65. The molecule has 4 rings (SSSR count). The third kappa shape index (κ3) is 4.41. The van der Waals surface area contributed by atoms with Gasteiger partial charge in [-0.2, -0.15) is 0 Å². The molecule has 5 N–H and O–H groups in total. The summed E-state index contributed by atoms with van der Waals surface area (Å²) >= 11 is 0. The molecule has 1 amide bonds. The first-order chi connectivity index (χ1) is 16.0. The van der Waals surface area contributed by atoms with Crippen LogP contribution in [0, 0.1) is 46.3 Å². The molecule has 194 valence electrons. The number of hydrogen-bond donors (Lipinski definition) is 5. The number of aliphatic carboxylic acids is 1. The van der Waals surface area contributed by atoms with E-state index in [0.717, 1.165) is 44.9 Å². The van der Waals surface area contributed by atoms with Crippen LogP contribution in [0.1, 0.15) is 85.0 Å². The van der Waals surface area contributed by atoms with E-state index < -0.39 is 12.1 Å². The summed E-state index contributed by atoms with van der Waals surface area (Å²) in [4.78, 5) is 22.8. The monoisotopic (exact) mass is 479 g/mol. The number of hydrogen-bond acceptors (Lipinski definition) is 5. The molecule has 4 fully saturated rings. The van der Waals surface area contributed by atoms with E-state index >= 15 is 0 Å². The molecule has 4 aliphatic carbocycles. The van der Waals surface area contributed by atoms with Crippen LogP contribution in [0.4, 0.5) is 0 Å². The van der Waals surface area contributed by atoms with Gasteiger partial charge in [-0.3, -0.25) is 9.59 Å². The Balaban J connectivity index is 1.45. The molecule has 7 nitrogen and oxygen atoms in total. The van der Waals surface area contributed by atoms with Gasteiger partial charge in [-0.05, 0) is 97.7 Å². The van der Waals surface area contributed by atoms with Crippen molar-refractivity contribution in [2.24, 2.45) is 46.3 Å². The molecule has 11 atom stereocenters. The van der Waals surface area contributed by atoms with E-state index in [9.17, 15) is 24.9 Å². The first-order valence-electron chi connectivity index (χ1n) is 13.5. The smallest absolute Gasteiger partial charge is 0.305 e. The average molecular weight is 480 g/mol. The third-order valence-corrected chi connectivity index (χ3v) is 11.0. The predicted molar refractivity (Wildman–Crippen MR) is 128 cm³/mol. The predicted octanol–water partition coefficient (Wildman–Crippen LogP) is 2.96. The lowest BCUT2D eigenvalue weighted by Crippen LogP contribution is -2.62. The number of rotatable bonds is 7. The van der Waals surface area contributed by atoms with Gasteiger partial charge in [-0.25, -0.2) is 0 Å². The molecule has 0 spiro atoms. The molecule has 0 aromatic rings. The zero-order valence-corrected chi connectivity index (χ0v) is 21.1. The number of aliphatic hydroxyl groups excluding tert-OH is 3. The Morgan fingerprint density at radius 2 is 1.74 bits per heavy atom. The normalized spacial score (nSPS) is 46.6. The van der Waals surface area contributed by atoms with Crippen molar-refractivity contribution in [2.45, 2.75) is 103 Å². The first-order valence-corrected chi connectivity index (χ1v) is 13.5. The quantitative estimate of drug-likeness (QED) is 0.382. The zero-order chi connectivity index (χ0) is 24.8. The van der Waals surface area contributed by atoms with E-state index in [-0.39, 0.29) is 65.6 Å². The molecule has 34 heavy (non-hydrogen) atoms. The van der Waals surface area contributed by atoms with Crippen LogP contribution < -0.4 is 5.32 Å². The minimum atomic E-state index is -0.919. The minimum absolute atomic E-state index is 0.0700. The lowest BCUT2D eigenvalue weighted by molar-refractivity contribution is -0.207. The molecular weight excluding hydrogens is 434 g/mol. The molecule has 0 aromatic heterocycles. The van der Waals surface area contributed by atoms with Crippen molar-refractivity contribution in [3.05, 3.63) is 0 Å². The summed E-state index contributed by atoms with van der Waals surface area (Å²) in [5.41, 5.74) is -0.193. The van der Waals surface area contributed by atoms with E-state index in [2.05, 4.69) is 26.1 Å². The third-order valence-electron chi connectivity index (χ3n) is 11.0. The molecule has 0 aliphatic heterocycles. The van der Waals surface area contributed by atoms with Gasteiger partial charge in [0.25, 0.3) is 0 Å². The highest BCUT2D eigenvalue weighted by Crippen LogP contribution is 2.68. The Morgan fingerprint density at radius 3 is 2.44 bits per heavy atom. The van der Waals surface area contributed by atoms with Crippen molar-refractivity contribution >= 4 is 11.9 Å². The van der Waals surface area contributed by atoms with Crippen molar-refractivity contribution in [2.75, 3.05) is 6.54 Å². The van der Waals surface area contributed by atoms with Gasteiger partial charge in [0.1, 0.15) is 0 Å². The van der Waals surface area contributed by atoms with E-state index in [1.54, 1.807) is 0 Å². The molecule has 0 heterocycles. The molecule has 4 saturated carbocycles. The number of aliphatic hydroxyl groups is 3. The van der Waals surface area contributed by atoms with Crippen LogP contribution in [0.5, 0.6) is 0 Å². The van der Waals surface area contributed by atoms with Crippen molar-refractivity contribution in [1.29, 1.82) is 0 Å². The highest BCUT2D eigenvalue weighted by molar-refractivity contribution is 5.76. The van der Waals surface area contributed by atoms with Gasteiger partial charge in [-0.1, -0.05) is 20.8 Å². The molecule has 4 aliphatic rings. The summed E-state index contributed by atoms with van der Waals surface area (Å²) in [6.07, 6.45) is 6.00. The fraction of sp³-hybridized carbons (Fsp3) is 0.926. The number of carboxylic acid groups (broad SMARTS) is 1. The van der Waals surface area contributed by atoms with Crippen LogP contribution in [0.25, 0.3) is 0 Å². The van der Waals surface area contributed by atoms with Crippen molar-refractivity contribution in [3.63, 3.8) is 0 Å². The topological polar surface area (TPSA) is 127 Å². The van der Waals surface area contributed by atoms with Crippen LogP contribution in [0.2, 0.25) is 0 Å². The number of fused-ring (bicyclic) bond motifs is 5. The molecule has 0 radical (unpaired) electrons. The largest absolute Gasteiger partial charge is 0.481 e. The van der Waals surface area contributed by atoms with Crippen molar-refractivity contribution in [1.82, 2.24) is 5.32 Å². The number of carbonyl (C=O) groups is 2. The van der Waals surface area contributed by atoms with Gasteiger partial charge < -0.3 is 25.7 Å². The maximum absolute atomic E-state index is 12.2. The standard InChI is InChI=1S/C27H45NO6/c1-15(4-7-23(32)28-11-9-24(33)34)18-5-6-19-25-20(14-22(31)27(18,19)3)26(2)10-8-17(29)12-16(26)13-21(25)30/h15-22,25,29-31H,4-14H2,1-3H3,(H,28,32)(H,33,34)/t15-,16?,17+,18-,19+,20+,21?,22-,25?,26+,27-/m1/s1. The van der Waals surface area contributed by atoms with Crippen LogP contribution in [-0.2, 0) is 9.59 Å². The second-order valence-corrected chi connectivity index (χ2v) is 12.5. The second-order valence-electron chi connectivity index (χ2n) is 12.5. The maximum Gasteiger partial charge on any atom is 0.305 e. The zero-order valence-electron chi connectivity index (χ0n) is 21.1. The fourth-order valence-electron chi connectivity index (χ4n) is 9.09. The Labute approximate surface area is 203 Å². The Morgan fingerprint density at radius 1 is 1.00 bits per heavy atom. The molecule has 3 unspecified atom stereocenters. The summed E-state index contributed by atoms with van der Waals surface area (Å²) in [7, 11) is 0. The van der Waals surface area contributed by atoms with E-state index in [4.69, 9.17) is 5.11 Å². The summed E-state index contributed by atoms with van der Waals surface area (Å²) in [6.45, 7) is 6.91. The number of nitrogens with one attached hydrogen (secondary N) is 1. The molecule has 0 saturated heterocycles. The molecule has 7 heteroatoms. The summed E-state index contributed by atoms with van der Waals surface area (Å²) in [6, 6.07) is 0. The lowest BCUT2D eigenvalue weighted by Gasteiger charge is -2.63. The minimum Gasteiger partial charge on any atom is -0.481 e. The van der Waals surface area contributed by atoms with Crippen LogP contribution in [0.15, 0.2) is 0 Å². The van der Waals surface area contributed by atoms with Crippen LogP contribution in [-0.4, -0.2) is 57.2 Å². The van der Waals surface area contributed by atoms with Gasteiger partial charge in [0.2, 0.25) is 5.91 Å². The van der Waals surface area contributed by atoms with Crippen LogP contribution in [0.3, 0.4) is 0 Å². The second kappa shape index (κ2) is 9.70. The van der Waals surface area contributed by atoms with Crippen molar-refractivity contribution in [3.8, 4) is 0 Å². The summed E-state index contributed by atoms with van der Waals surface area (Å²) in [5, 5.41) is 44.7. The average Bonchev–Trinajstić information content (AvgIpc) is 3.12. The maximum atomic E-state index is 12.2. The van der Waals surface area contributed by atoms with Crippen LogP contribution >= 0.6 is 0 Å².